The molecule has 0 aliphatic heterocycles. The Hall–Kier alpha value is -3.93. The van der Waals surface area contributed by atoms with E-state index in [0.29, 0.717) is 32.2 Å². The molecule has 1 amide bonds. The summed E-state index contributed by atoms with van der Waals surface area (Å²) in [5, 5.41) is 5.09. The van der Waals surface area contributed by atoms with Gasteiger partial charge < -0.3 is 15.0 Å². The van der Waals surface area contributed by atoms with Crippen molar-refractivity contribution < 1.29 is 14.3 Å². The lowest BCUT2D eigenvalue weighted by atomic mass is 9.99. The van der Waals surface area contributed by atoms with Crippen LogP contribution in [0, 0.1) is 5.92 Å². The van der Waals surface area contributed by atoms with Gasteiger partial charge in [-0.1, -0.05) is 66.7 Å². The minimum Gasteiger partial charge on any atom is -0.452 e. The van der Waals surface area contributed by atoms with E-state index in [0.717, 1.165) is 22.0 Å². The molecule has 3 aromatic carbocycles. The van der Waals surface area contributed by atoms with Crippen molar-refractivity contribution in [3.05, 3.63) is 102 Å². The third-order valence-electron chi connectivity index (χ3n) is 6.47. The number of amides is 1. The number of fused-ring (bicyclic) bond motifs is 2. The fraction of sp³-hybridized carbons (Fsp3) is 0.250. The van der Waals surface area contributed by atoms with Gasteiger partial charge in [-0.25, -0.2) is 4.98 Å². The van der Waals surface area contributed by atoms with Crippen molar-refractivity contribution >= 4 is 22.6 Å². The standard InChI is InChI=1S/C28H27N3O3/c32-27(30-13-12-24-17-29-18-31-24)26(16-22-10-5-9-19-6-3-4-11-25(19)22)34-28(33)23-14-20-7-1-2-8-21(20)15-23/h1-11,17-18,23,26H,12-16H2,(H,29,31)(H,30,32). The highest BCUT2D eigenvalue weighted by molar-refractivity contribution is 5.88. The molecule has 0 fully saturated rings. The maximum atomic E-state index is 13.2. The molecule has 172 valence electrons. The Balaban J connectivity index is 1.32. The third-order valence-corrected chi connectivity index (χ3v) is 6.47. The van der Waals surface area contributed by atoms with Crippen LogP contribution in [-0.4, -0.2) is 34.5 Å². The number of carbonyl (C=O) groups excluding carboxylic acids is 2. The van der Waals surface area contributed by atoms with Gasteiger partial charge in [0.15, 0.2) is 6.10 Å². The average Bonchev–Trinajstić information content (AvgIpc) is 3.54. The molecule has 0 radical (unpaired) electrons. The van der Waals surface area contributed by atoms with Gasteiger partial charge in [0.2, 0.25) is 0 Å². The Kier molecular flexibility index (Phi) is 6.38. The van der Waals surface area contributed by atoms with E-state index in [-0.39, 0.29) is 17.8 Å². The second-order valence-electron chi connectivity index (χ2n) is 8.76. The number of imidazole rings is 1. The average molecular weight is 454 g/mol. The number of nitrogens with zero attached hydrogens (tertiary/aromatic N) is 1. The summed E-state index contributed by atoms with van der Waals surface area (Å²) >= 11 is 0. The Morgan fingerprint density at radius 1 is 1.00 bits per heavy atom. The van der Waals surface area contributed by atoms with Gasteiger partial charge in [0.1, 0.15) is 0 Å². The van der Waals surface area contributed by atoms with E-state index in [1.165, 1.54) is 11.1 Å². The number of benzene rings is 3. The lowest BCUT2D eigenvalue weighted by molar-refractivity contribution is -0.159. The first-order valence-corrected chi connectivity index (χ1v) is 11.7. The predicted molar refractivity (Wildman–Crippen MR) is 130 cm³/mol. The van der Waals surface area contributed by atoms with E-state index in [1.54, 1.807) is 12.5 Å². The highest BCUT2D eigenvalue weighted by Crippen LogP contribution is 2.28. The van der Waals surface area contributed by atoms with Gasteiger partial charge in [0.25, 0.3) is 5.91 Å². The summed E-state index contributed by atoms with van der Waals surface area (Å²) in [5.74, 6) is -0.855. The van der Waals surface area contributed by atoms with E-state index >= 15 is 0 Å². The molecule has 1 unspecified atom stereocenters. The van der Waals surface area contributed by atoms with E-state index in [2.05, 4.69) is 27.4 Å². The molecule has 0 saturated carbocycles. The summed E-state index contributed by atoms with van der Waals surface area (Å²) in [4.78, 5) is 33.3. The van der Waals surface area contributed by atoms with Crippen LogP contribution in [0.3, 0.4) is 0 Å². The number of esters is 1. The van der Waals surface area contributed by atoms with Crippen LogP contribution >= 0.6 is 0 Å². The quantitative estimate of drug-likeness (QED) is 0.398. The van der Waals surface area contributed by atoms with Crippen LogP contribution in [0.5, 0.6) is 0 Å². The predicted octanol–water partition coefficient (Wildman–Crippen LogP) is 3.79. The number of hydrogen-bond donors (Lipinski definition) is 2. The van der Waals surface area contributed by atoms with Crippen LogP contribution in [-0.2, 0) is 40.0 Å². The van der Waals surface area contributed by atoms with Crippen LogP contribution < -0.4 is 5.32 Å². The summed E-state index contributed by atoms with van der Waals surface area (Å²) in [6.45, 7) is 0.430. The minimum absolute atomic E-state index is 0.259. The molecular formula is C28H27N3O3. The molecule has 4 aromatic rings. The number of rotatable bonds is 8. The molecule has 1 aliphatic rings. The van der Waals surface area contributed by atoms with Crippen molar-refractivity contribution in [3.8, 4) is 0 Å². The number of ether oxygens (including phenoxy) is 1. The molecule has 34 heavy (non-hydrogen) atoms. The SMILES string of the molecule is O=C(OC(Cc1cccc2ccccc12)C(=O)NCCc1cnc[nH]1)C1Cc2ccccc2C1. The Labute approximate surface area is 198 Å². The van der Waals surface area contributed by atoms with Crippen molar-refractivity contribution in [1.82, 2.24) is 15.3 Å². The number of hydrogen-bond acceptors (Lipinski definition) is 4. The van der Waals surface area contributed by atoms with E-state index in [9.17, 15) is 9.59 Å². The zero-order valence-corrected chi connectivity index (χ0v) is 18.9. The number of nitrogens with one attached hydrogen (secondary N) is 2. The molecule has 1 heterocycles. The van der Waals surface area contributed by atoms with Gasteiger partial charge >= 0.3 is 5.97 Å². The Morgan fingerprint density at radius 2 is 1.74 bits per heavy atom. The number of aromatic nitrogens is 2. The molecule has 1 aliphatic carbocycles. The van der Waals surface area contributed by atoms with Gasteiger partial charge in [-0.3, -0.25) is 9.59 Å². The number of H-pyrrole nitrogens is 1. The van der Waals surface area contributed by atoms with Gasteiger partial charge in [-0.05, 0) is 40.3 Å². The molecule has 0 bridgehead atoms. The first kappa shape index (κ1) is 21.9. The van der Waals surface area contributed by atoms with Crippen LogP contribution in [0.2, 0.25) is 0 Å². The summed E-state index contributed by atoms with van der Waals surface area (Å²) in [6, 6.07) is 22.1. The first-order valence-electron chi connectivity index (χ1n) is 11.7. The molecular weight excluding hydrogens is 426 g/mol. The minimum atomic E-state index is -0.899. The van der Waals surface area contributed by atoms with Gasteiger partial charge in [-0.15, -0.1) is 0 Å². The van der Waals surface area contributed by atoms with E-state index < -0.39 is 6.10 Å². The third kappa shape index (κ3) is 4.86. The molecule has 0 spiro atoms. The topological polar surface area (TPSA) is 84.1 Å². The lowest BCUT2D eigenvalue weighted by Crippen LogP contribution is -2.41. The molecule has 6 nitrogen and oxygen atoms in total. The second-order valence-corrected chi connectivity index (χ2v) is 8.76. The lowest BCUT2D eigenvalue weighted by Gasteiger charge is -2.20. The van der Waals surface area contributed by atoms with Gasteiger partial charge in [0, 0.05) is 31.3 Å². The van der Waals surface area contributed by atoms with Crippen molar-refractivity contribution in [2.75, 3.05) is 6.54 Å². The van der Waals surface area contributed by atoms with Crippen molar-refractivity contribution in [2.24, 2.45) is 5.92 Å². The van der Waals surface area contributed by atoms with Crippen LogP contribution in [0.1, 0.15) is 22.4 Å². The normalized spacial score (nSPS) is 14.0. The van der Waals surface area contributed by atoms with E-state index in [4.69, 9.17) is 4.74 Å². The van der Waals surface area contributed by atoms with Gasteiger partial charge in [-0.2, -0.15) is 0 Å². The molecule has 5 rings (SSSR count). The Morgan fingerprint density at radius 3 is 2.50 bits per heavy atom. The van der Waals surface area contributed by atoms with Crippen molar-refractivity contribution in [3.63, 3.8) is 0 Å². The van der Waals surface area contributed by atoms with Crippen LogP contribution in [0.15, 0.2) is 79.3 Å². The molecule has 6 heteroatoms. The zero-order valence-electron chi connectivity index (χ0n) is 18.9. The smallest absolute Gasteiger partial charge is 0.310 e. The molecule has 0 saturated heterocycles. The van der Waals surface area contributed by atoms with Crippen LogP contribution in [0.4, 0.5) is 0 Å². The van der Waals surface area contributed by atoms with Crippen molar-refractivity contribution in [2.45, 2.75) is 31.8 Å². The zero-order chi connectivity index (χ0) is 23.3. The highest BCUT2D eigenvalue weighted by Gasteiger charge is 2.32. The summed E-state index contributed by atoms with van der Waals surface area (Å²) < 4.78 is 5.90. The fourth-order valence-electron chi connectivity index (χ4n) is 4.68. The molecule has 1 atom stereocenters. The van der Waals surface area contributed by atoms with Crippen LogP contribution in [0.25, 0.3) is 10.8 Å². The maximum Gasteiger partial charge on any atom is 0.310 e. The van der Waals surface area contributed by atoms with Gasteiger partial charge in [0.05, 0.1) is 12.2 Å². The molecule has 1 aromatic heterocycles. The highest BCUT2D eigenvalue weighted by atomic mass is 16.5. The number of carbonyl (C=O) groups is 2. The summed E-state index contributed by atoms with van der Waals surface area (Å²) in [6.07, 6.45) is 4.69. The number of aromatic amines is 1. The van der Waals surface area contributed by atoms with Crippen molar-refractivity contribution in [1.29, 1.82) is 0 Å². The molecule has 2 N–H and O–H groups in total. The monoisotopic (exact) mass is 453 g/mol. The summed E-state index contributed by atoms with van der Waals surface area (Å²) in [7, 11) is 0. The van der Waals surface area contributed by atoms with E-state index in [1.807, 2.05) is 54.6 Å². The largest absolute Gasteiger partial charge is 0.452 e. The maximum absolute atomic E-state index is 13.2. The second kappa shape index (κ2) is 9.91. The fourth-order valence-corrected chi connectivity index (χ4v) is 4.68. The Bertz CT molecular complexity index is 1270. The summed E-state index contributed by atoms with van der Waals surface area (Å²) in [5.41, 5.74) is 4.28. The first-order chi connectivity index (χ1) is 16.7.